The fourth-order valence-electron chi connectivity index (χ4n) is 3.61. The molecule has 2 aromatic rings. The Bertz CT molecular complexity index is 860. The third kappa shape index (κ3) is 4.64. The molecule has 6 heteroatoms. The maximum atomic E-state index is 12.5. The van der Waals surface area contributed by atoms with E-state index in [9.17, 15) is 4.79 Å². The van der Waals surface area contributed by atoms with Crippen LogP contribution in [0, 0.1) is 5.41 Å². The van der Waals surface area contributed by atoms with E-state index in [0.717, 1.165) is 29.9 Å². The summed E-state index contributed by atoms with van der Waals surface area (Å²) in [7, 11) is 1.93. The molecule has 0 aliphatic heterocycles. The number of Topliss-reactive ketones (excluding diaryl/α,β-unsaturated/α-hetero) is 1. The lowest BCUT2D eigenvalue weighted by atomic mass is 9.90. The van der Waals surface area contributed by atoms with Crippen LogP contribution in [-0.2, 0) is 11.2 Å². The van der Waals surface area contributed by atoms with Crippen LogP contribution >= 0.6 is 11.6 Å². The second kappa shape index (κ2) is 7.55. The quantitative estimate of drug-likeness (QED) is 0.746. The zero-order valence-corrected chi connectivity index (χ0v) is 17.5. The minimum atomic E-state index is -0.0191. The third-order valence-electron chi connectivity index (χ3n) is 4.77. The van der Waals surface area contributed by atoms with Gasteiger partial charge in [0.1, 0.15) is 11.5 Å². The Morgan fingerprint density at radius 1 is 1.33 bits per heavy atom. The Balaban J connectivity index is 1.97. The smallest absolute Gasteiger partial charge is 0.180 e. The molecule has 0 amide bonds. The van der Waals surface area contributed by atoms with Crippen LogP contribution in [0.15, 0.2) is 18.3 Å². The number of likely N-dealkylation sites (N-methyl/N-ethyl adjacent to an activating group) is 1. The van der Waals surface area contributed by atoms with E-state index >= 15 is 0 Å². The first-order chi connectivity index (χ1) is 12.6. The molecular weight excluding hydrogens is 360 g/mol. The number of carbonyl (C=O) groups excluding carboxylic acids is 1. The third-order valence-corrected chi connectivity index (χ3v) is 5.00. The van der Waals surface area contributed by atoms with Crippen LogP contribution in [0.1, 0.15) is 57.7 Å². The molecule has 5 nitrogen and oxygen atoms in total. The summed E-state index contributed by atoms with van der Waals surface area (Å²) in [5, 5.41) is 0.604. The number of rotatable bonds is 5. The number of nitrogens with zero attached hydrogens (tertiary/aromatic N) is 4. The molecule has 144 valence electrons. The van der Waals surface area contributed by atoms with Crippen LogP contribution in [0.2, 0.25) is 5.02 Å². The van der Waals surface area contributed by atoms with E-state index < -0.39 is 0 Å². The van der Waals surface area contributed by atoms with Gasteiger partial charge in [0.05, 0.1) is 12.2 Å². The fraction of sp³-hybridized carbons (Fsp3) is 0.524. The molecule has 1 atom stereocenters. The van der Waals surface area contributed by atoms with Crippen molar-refractivity contribution in [2.75, 3.05) is 18.5 Å². The molecule has 2 heterocycles. The first-order valence-corrected chi connectivity index (χ1v) is 9.77. The van der Waals surface area contributed by atoms with Crippen LogP contribution in [0.4, 0.5) is 5.82 Å². The average Bonchev–Trinajstić information content (AvgIpc) is 2.93. The van der Waals surface area contributed by atoms with E-state index in [-0.39, 0.29) is 11.2 Å². The second-order valence-corrected chi connectivity index (χ2v) is 9.10. The highest BCUT2D eigenvalue weighted by molar-refractivity contribution is 6.30. The van der Waals surface area contributed by atoms with E-state index in [1.165, 1.54) is 0 Å². The van der Waals surface area contributed by atoms with Crippen molar-refractivity contribution in [2.24, 2.45) is 5.41 Å². The lowest BCUT2D eigenvalue weighted by Gasteiger charge is -2.24. The van der Waals surface area contributed by atoms with Crippen molar-refractivity contribution in [3.05, 3.63) is 34.6 Å². The van der Waals surface area contributed by atoms with Crippen LogP contribution in [0.5, 0.6) is 0 Å². The molecular formula is C21H27ClN4O. The van der Waals surface area contributed by atoms with E-state index in [1.807, 2.05) is 11.9 Å². The summed E-state index contributed by atoms with van der Waals surface area (Å²) in [6.07, 6.45) is 4.17. The zero-order chi connectivity index (χ0) is 19.8. The zero-order valence-electron chi connectivity index (χ0n) is 16.7. The first kappa shape index (κ1) is 19.7. The number of anilines is 1. The Morgan fingerprint density at radius 2 is 2.07 bits per heavy atom. The highest BCUT2D eigenvalue weighted by Gasteiger charge is 2.28. The van der Waals surface area contributed by atoms with Crippen molar-refractivity contribution in [2.45, 2.75) is 52.9 Å². The molecule has 0 aromatic carbocycles. The van der Waals surface area contributed by atoms with Crippen LogP contribution in [0.25, 0.3) is 11.5 Å². The normalized spacial score (nSPS) is 16.3. The molecule has 0 N–H and O–H groups in total. The van der Waals surface area contributed by atoms with Gasteiger partial charge in [0.25, 0.3) is 0 Å². The standard InChI is InChI=1S/C21H27ClN4O/c1-13-6-7-16-18(13)20(26(5)12-15(27)11-21(2,3)4)25-19(24-16)17-10-14(22)8-9-23-17/h8-10,13H,6-7,11-12H2,1-5H3. The molecule has 27 heavy (non-hydrogen) atoms. The molecule has 0 bridgehead atoms. The van der Waals surface area contributed by atoms with Crippen molar-refractivity contribution < 1.29 is 4.79 Å². The molecule has 0 saturated carbocycles. The maximum absolute atomic E-state index is 12.5. The molecule has 0 spiro atoms. The topological polar surface area (TPSA) is 59.0 Å². The van der Waals surface area contributed by atoms with Crippen LogP contribution in [-0.4, -0.2) is 34.3 Å². The summed E-state index contributed by atoms with van der Waals surface area (Å²) in [6.45, 7) is 8.78. The minimum absolute atomic E-state index is 0.0191. The second-order valence-electron chi connectivity index (χ2n) is 8.66. The summed E-state index contributed by atoms with van der Waals surface area (Å²) in [5.74, 6) is 2.00. The van der Waals surface area contributed by atoms with Gasteiger partial charge in [0.15, 0.2) is 11.6 Å². The van der Waals surface area contributed by atoms with Gasteiger partial charge in [-0.25, -0.2) is 9.97 Å². The van der Waals surface area contributed by atoms with Gasteiger partial charge < -0.3 is 4.90 Å². The number of aromatic nitrogens is 3. The largest absolute Gasteiger partial charge is 0.352 e. The van der Waals surface area contributed by atoms with E-state index in [1.54, 1.807) is 18.3 Å². The number of hydrogen-bond donors (Lipinski definition) is 0. The molecule has 2 aromatic heterocycles. The summed E-state index contributed by atoms with van der Waals surface area (Å²) in [4.78, 5) is 28.4. The van der Waals surface area contributed by atoms with Gasteiger partial charge in [-0.05, 0) is 36.3 Å². The summed E-state index contributed by atoms with van der Waals surface area (Å²) >= 11 is 6.12. The number of halogens is 1. The number of ketones is 1. The number of aryl methyl sites for hydroxylation is 1. The van der Waals surface area contributed by atoms with Crippen molar-refractivity contribution >= 4 is 23.2 Å². The SMILES string of the molecule is CC1CCc2nc(-c3cc(Cl)ccn3)nc(N(C)CC(=O)CC(C)(C)C)c21. The van der Waals surface area contributed by atoms with E-state index in [4.69, 9.17) is 21.6 Å². The van der Waals surface area contributed by atoms with Gasteiger partial charge in [0.2, 0.25) is 0 Å². The van der Waals surface area contributed by atoms with Crippen molar-refractivity contribution in [3.8, 4) is 11.5 Å². The van der Waals surface area contributed by atoms with Gasteiger partial charge in [-0.3, -0.25) is 9.78 Å². The monoisotopic (exact) mass is 386 g/mol. The predicted molar refractivity (Wildman–Crippen MR) is 109 cm³/mol. The molecule has 1 aliphatic carbocycles. The average molecular weight is 387 g/mol. The summed E-state index contributed by atoms with van der Waals surface area (Å²) in [5.41, 5.74) is 2.85. The Kier molecular flexibility index (Phi) is 5.52. The summed E-state index contributed by atoms with van der Waals surface area (Å²) in [6, 6.07) is 3.51. The van der Waals surface area contributed by atoms with Gasteiger partial charge in [-0.2, -0.15) is 0 Å². The lowest BCUT2D eigenvalue weighted by molar-refractivity contribution is -0.119. The van der Waals surface area contributed by atoms with Gasteiger partial charge in [-0.15, -0.1) is 0 Å². The first-order valence-electron chi connectivity index (χ1n) is 9.39. The molecule has 3 rings (SSSR count). The van der Waals surface area contributed by atoms with Crippen molar-refractivity contribution in [3.63, 3.8) is 0 Å². The van der Waals surface area contributed by atoms with E-state index in [2.05, 4.69) is 32.7 Å². The van der Waals surface area contributed by atoms with Crippen molar-refractivity contribution in [1.82, 2.24) is 15.0 Å². The van der Waals surface area contributed by atoms with Gasteiger partial charge >= 0.3 is 0 Å². The van der Waals surface area contributed by atoms with Crippen molar-refractivity contribution in [1.29, 1.82) is 0 Å². The number of pyridine rings is 1. The van der Waals surface area contributed by atoms with E-state index in [0.29, 0.717) is 35.4 Å². The lowest BCUT2D eigenvalue weighted by Crippen LogP contribution is -2.30. The molecule has 0 fully saturated rings. The Hall–Kier alpha value is -2.01. The van der Waals surface area contributed by atoms with Gasteiger partial charge in [-0.1, -0.05) is 39.3 Å². The Labute approximate surface area is 166 Å². The highest BCUT2D eigenvalue weighted by atomic mass is 35.5. The van der Waals surface area contributed by atoms with Crippen LogP contribution < -0.4 is 4.90 Å². The molecule has 0 radical (unpaired) electrons. The van der Waals surface area contributed by atoms with Gasteiger partial charge in [0, 0.05) is 30.3 Å². The highest BCUT2D eigenvalue weighted by Crippen LogP contribution is 2.38. The molecule has 1 unspecified atom stereocenters. The predicted octanol–water partition coefficient (Wildman–Crippen LogP) is 4.68. The molecule has 1 aliphatic rings. The Morgan fingerprint density at radius 3 is 2.74 bits per heavy atom. The number of carbonyl (C=O) groups is 1. The van der Waals surface area contributed by atoms with Crippen LogP contribution in [0.3, 0.4) is 0 Å². The number of fused-ring (bicyclic) bond motifs is 1. The number of hydrogen-bond acceptors (Lipinski definition) is 5. The maximum Gasteiger partial charge on any atom is 0.180 e. The fourth-order valence-corrected chi connectivity index (χ4v) is 3.77. The molecule has 0 saturated heterocycles. The summed E-state index contributed by atoms with van der Waals surface area (Å²) < 4.78 is 0. The minimum Gasteiger partial charge on any atom is -0.352 e.